The van der Waals surface area contributed by atoms with Crippen molar-refractivity contribution < 1.29 is 16.8 Å². The first kappa shape index (κ1) is 27.2. The predicted molar refractivity (Wildman–Crippen MR) is 141 cm³/mol. The predicted octanol–water partition coefficient (Wildman–Crippen LogP) is 2.74. The summed E-state index contributed by atoms with van der Waals surface area (Å²) >= 11 is 0. The van der Waals surface area contributed by atoms with Crippen molar-refractivity contribution in [2.24, 2.45) is 10.3 Å². The van der Waals surface area contributed by atoms with Crippen LogP contribution in [0.5, 0.6) is 0 Å². The summed E-state index contributed by atoms with van der Waals surface area (Å²) in [7, 11) is -7.32. The number of rotatable bonds is 11. The lowest BCUT2D eigenvalue weighted by Crippen LogP contribution is -2.31. The molecule has 2 aliphatic heterocycles. The number of primary sulfonamides is 2. The van der Waals surface area contributed by atoms with E-state index in [0.717, 1.165) is 76.1 Å². The van der Waals surface area contributed by atoms with E-state index in [0.29, 0.717) is 0 Å². The summed E-state index contributed by atoms with van der Waals surface area (Å²) < 4.78 is 46.6. The summed E-state index contributed by atoms with van der Waals surface area (Å²) in [5.41, 5.74) is 4.60. The molecule has 36 heavy (non-hydrogen) atoms. The maximum absolute atomic E-state index is 11.6. The SMILES string of the molecule is NS(=O)(=O)c1ccc2c(c1)CN(CCCCCCCCN1CCc3ccc(S(N)(=O)=O)cc3C1)CC2. The molecule has 2 aliphatic rings. The van der Waals surface area contributed by atoms with Crippen LogP contribution in [0, 0.1) is 0 Å². The number of benzene rings is 2. The van der Waals surface area contributed by atoms with Crippen LogP contribution in [-0.2, 0) is 46.0 Å². The Hall–Kier alpha value is -1.82. The molecule has 2 aromatic carbocycles. The minimum atomic E-state index is -3.66. The van der Waals surface area contributed by atoms with Crippen molar-refractivity contribution in [2.45, 2.75) is 74.2 Å². The lowest BCUT2D eigenvalue weighted by Gasteiger charge is -2.29. The second kappa shape index (κ2) is 11.7. The smallest absolute Gasteiger partial charge is 0.238 e. The molecule has 198 valence electrons. The van der Waals surface area contributed by atoms with Gasteiger partial charge in [-0.3, -0.25) is 9.80 Å². The van der Waals surface area contributed by atoms with Gasteiger partial charge in [-0.2, -0.15) is 0 Å². The first-order chi connectivity index (χ1) is 17.1. The van der Waals surface area contributed by atoms with Gasteiger partial charge in [-0.25, -0.2) is 27.1 Å². The first-order valence-electron chi connectivity index (χ1n) is 12.8. The van der Waals surface area contributed by atoms with Crippen LogP contribution in [0.25, 0.3) is 0 Å². The molecule has 0 amide bonds. The second-order valence-electron chi connectivity index (χ2n) is 10.1. The van der Waals surface area contributed by atoms with Gasteiger partial charge in [0.25, 0.3) is 0 Å². The molecule has 0 atom stereocenters. The Morgan fingerprint density at radius 2 is 0.972 bits per heavy atom. The Kier molecular flexibility index (Phi) is 8.85. The van der Waals surface area contributed by atoms with Gasteiger partial charge < -0.3 is 0 Å². The van der Waals surface area contributed by atoms with E-state index in [1.807, 2.05) is 12.1 Å². The Labute approximate surface area is 215 Å². The zero-order chi connectivity index (χ0) is 25.8. The highest BCUT2D eigenvalue weighted by atomic mass is 32.2. The van der Waals surface area contributed by atoms with Gasteiger partial charge in [0.05, 0.1) is 9.79 Å². The van der Waals surface area contributed by atoms with Crippen molar-refractivity contribution >= 4 is 20.0 Å². The van der Waals surface area contributed by atoms with Crippen LogP contribution in [-0.4, -0.2) is 52.8 Å². The normalized spacial score (nSPS) is 17.1. The van der Waals surface area contributed by atoms with E-state index >= 15 is 0 Å². The Balaban J connectivity index is 1.10. The maximum atomic E-state index is 11.6. The molecule has 2 aromatic rings. The number of sulfonamides is 2. The van der Waals surface area contributed by atoms with Gasteiger partial charge in [0, 0.05) is 26.2 Å². The van der Waals surface area contributed by atoms with E-state index in [1.165, 1.54) is 36.8 Å². The molecule has 8 nitrogen and oxygen atoms in total. The summed E-state index contributed by atoms with van der Waals surface area (Å²) in [6.07, 6.45) is 9.05. The minimum absolute atomic E-state index is 0.199. The molecule has 0 saturated heterocycles. The summed E-state index contributed by atoms with van der Waals surface area (Å²) in [6, 6.07) is 10.5. The monoisotopic (exact) mass is 534 g/mol. The van der Waals surface area contributed by atoms with Crippen LogP contribution in [0.4, 0.5) is 0 Å². The number of hydrogen-bond donors (Lipinski definition) is 2. The van der Waals surface area contributed by atoms with Crippen molar-refractivity contribution in [3.8, 4) is 0 Å². The van der Waals surface area contributed by atoms with Crippen LogP contribution in [0.15, 0.2) is 46.2 Å². The van der Waals surface area contributed by atoms with Crippen molar-refractivity contribution in [1.82, 2.24) is 9.80 Å². The van der Waals surface area contributed by atoms with E-state index in [1.54, 1.807) is 24.3 Å². The molecule has 0 fully saturated rings. The Morgan fingerprint density at radius 1 is 0.583 bits per heavy atom. The fraction of sp³-hybridized carbons (Fsp3) is 0.538. The van der Waals surface area contributed by atoms with Gasteiger partial charge in [-0.1, -0.05) is 37.8 Å². The van der Waals surface area contributed by atoms with Crippen LogP contribution < -0.4 is 10.3 Å². The van der Waals surface area contributed by atoms with Gasteiger partial charge in [0.1, 0.15) is 0 Å². The molecular formula is C26H38N4O4S2. The first-order valence-corrected chi connectivity index (χ1v) is 15.9. The Bertz CT molecular complexity index is 1180. The third-order valence-electron chi connectivity index (χ3n) is 7.39. The molecule has 2 heterocycles. The molecule has 4 N–H and O–H groups in total. The topological polar surface area (TPSA) is 127 Å². The van der Waals surface area contributed by atoms with Gasteiger partial charge in [0.2, 0.25) is 20.0 Å². The highest BCUT2D eigenvalue weighted by Crippen LogP contribution is 2.24. The molecule has 0 radical (unpaired) electrons. The third-order valence-corrected chi connectivity index (χ3v) is 9.22. The number of nitrogens with zero attached hydrogens (tertiary/aromatic N) is 2. The summed E-state index contributed by atoms with van der Waals surface area (Å²) in [4.78, 5) is 5.21. The van der Waals surface area contributed by atoms with Crippen molar-refractivity contribution in [2.75, 3.05) is 26.2 Å². The average Bonchev–Trinajstić information content (AvgIpc) is 2.83. The zero-order valence-corrected chi connectivity index (χ0v) is 22.5. The Morgan fingerprint density at radius 3 is 1.36 bits per heavy atom. The van der Waals surface area contributed by atoms with Crippen LogP contribution >= 0.6 is 0 Å². The summed E-state index contributed by atoms with van der Waals surface area (Å²) in [5.74, 6) is 0. The molecule has 4 rings (SSSR count). The van der Waals surface area contributed by atoms with Crippen LogP contribution in [0.2, 0.25) is 0 Å². The molecular weight excluding hydrogens is 496 g/mol. The lowest BCUT2D eigenvalue weighted by atomic mass is 9.99. The molecule has 10 heteroatoms. The standard InChI is InChI=1S/C26H38N4O4S2/c27-35(31,32)25-9-7-21-11-15-29(19-23(21)17-25)13-5-3-1-2-4-6-14-30-16-12-22-8-10-26(36(28,33)34)18-24(22)20-30/h7-10,17-18H,1-6,11-16,19-20H2,(H2,27,31,32)(H2,28,33,34). The molecule has 0 aliphatic carbocycles. The summed E-state index contributed by atoms with van der Waals surface area (Å²) in [5, 5.41) is 10.6. The average molecular weight is 535 g/mol. The molecule has 0 unspecified atom stereocenters. The quantitative estimate of drug-likeness (QED) is 0.427. The molecule has 0 aromatic heterocycles. The highest BCUT2D eigenvalue weighted by molar-refractivity contribution is 7.89. The van der Waals surface area contributed by atoms with E-state index in [-0.39, 0.29) is 9.79 Å². The van der Waals surface area contributed by atoms with Gasteiger partial charge in [-0.15, -0.1) is 0 Å². The second-order valence-corrected chi connectivity index (χ2v) is 13.2. The number of nitrogens with two attached hydrogens (primary N) is 2. The fourth-order valence-corrected chi connectivity index (χ4v) is 6.43. The van der Waals surface area contributed by atoms with Crippen molar-refractivity contribution in [3.05, 3.63) is 58.7 Å². The van der Waals surface area contributed by atoms with Gasteiger partial charge >= 0.3 is 0 Å². The number of fused-ring (bicyclic) bond motifs is 2. The molecule has 0 saturated carbocycles. The number of hydrogen-bond acceptors (Lipinski definition) is 6. The van der Waals surface area contributed by atoms with E-state index in [2.05, 4.69) is 9.80 Å². The lowest BCUT2D eigenvalue weighted by molar-refractivity contribution is 0.244. The van der Waals surface area contributed by atoms with Gasteiger partial charge in [0.15, 0.2) is 0 Å². The van der Waals surface area contributed by atoms with Crippen molar-refractivity contribution in [3.63, 3.8) is 0 Å². The van der Waals surface area contributed by atoms with Crippen LogP contribution in [0.3, 0.4) is 0 Å². The maximum Gasteiger partial charge on any atom is 0.238 e. The summed E-state index contributed by atoms with van der Waals surface area (Å²) in [6.45, 7) is 5.67. The van der Waals surface area contributed by atoms with Crippen molar-refractivity contribution in [1.29, 1.82) is 0 Å². The largest absolute Gasteiger partial charge is 0.299 e. The third kappa shape index (κ3) is 7.36. The van der Waals surface area contributed by atoms with Crippen LogP contribution in [0.1, 0.15) is 60.8 Å². The van der Waals surface area contributed by atoms with Gasteiger partial charge in [-0.05, 0) is 85.3 Å². The molecule has 0 bridgehead atoms. The minimum Gasteiger partial charge on any atom is -0.299 e. The highest BCUT2D eigenvalue weighted by Gasteiger charge is 2.20. The van der Waals surface area contributed by atoms with E-state index < -0.39 is 20.0 Å². The molecule has 0 spiro atoms. The fourth-order valence-electron chi connectivity index (χ4n) is 5.30. The van der Waals surface area contributed by atoms with E-state index in [9.17, 15) is 16.8 Å². The zero-order valence-electron chi connectivity index (χ0n) is 20.9. The van der Waals surface area contributed by atoms with E-state index in [4.69, 9.17) is 10.3 Å². The number of unbranched alkanes of at least 4 members (excludes halogenated alkanes) is 5.